The van der Waals surface area contributed by atoms with E-state index in [4.69, 9.17) is 4.84 Å². The first kappa shape index (κ1) is 11.6. The molecule has 5 nitrogen and oxygen atoms in total. The van der Waals surface area contributed by atoms with Crippen molar-refractivity contribution in [2.45, 2.75) is 12.8 Å². The lowest BCUT2D eigenvalue weighted by atomic mass is 10.0. The van der Waals surface area contributed by atoms with E-state index in [0.29, 0.717) is 24.1 Å². The fraction of sp³-hybridized carbons (Fsp3) is 0.333. The van der Waals surface area contributed by atoms with Crippen molar-refractivity contribution in [3.05, 3.63) is 29.3 Å². The van der Waals surface area contributed by atoms with Crippen LogP contribution in [0, 0.1) is 0 Å². The molecule has 1 aliphatic heterocycles. The number of benzene rings is 1. The van der Waals surface area contributed by atoms with Gasteiger partial charge in [-0.15, -0.1) is 0 Å². The molecule has 0 aromatic heterocycles. The van der Waals surface area contributed by atoms with Gasteiger partial charge in [0.1, 0.15) is 0 Å². The predicted molar refractivity (Wildman–Crippen MR) is 60.6 cm³/mol. The quantitative estimate of drug-likeness (QED) is 0.725. The van der Waals surface area contributed by atoms with Gasteiger partial charge in [-0.1, -0.05) is 6.07 Å². The number of amides is 1. The van der Waals surface area contributed by atoms with Crippen LogP contribution >= 0.6 is 0 Å². The minimum absolute atomic E-state index is 0.109. The van der Waals surface area contributed by atoms with Gasteiger partial charge in [0.25, 0.3) is 5.91 Å². The summed E-state index contributed by atoms with van der Waals surface area (Å²) in [4.78, 5) is 28.1. The highest BCUT2D eigenvalue weighted by Gasteiger charge is 2.25. The van der Waals surface area contributed by atoms with Crippen molar-refractivity contribution >= 4 is 17.6 Å². The Morgan fingerprint density at radius 1 is 1.29 bits per heavy atom. The highest BCUT2D eigenvalue weighted by atomic mass is 16.7. The van der Waals surface area contributed by atoms with Crippen molar-refractivity contribution in [1.82, 2.24) is 0 Å². The molecule has 5 heteroatoms. The number of aryl methyl sites for hydroxylation is 1. The van der Waals surface area contributed by atoms with Gasteiger partial charge in [0.15, 0.2) is 0 Å². The van der Waals surface area contributed by atoms with E-state index in [9.17, 15) is 9.59 Å². The number of carbonyl (C=O) groups is 2. The molecular formula is C12H13NO4. The molecule has 1 aromatic rings. The molecule has 90 valence electrons. The number of carbonyl (C=O) groups excluding carboxylic acids is 2. The van der Waals surface area contributed by atoms with Gasteiger partial charge in [-0.05, 0) is 24.1 Å². The minimum atomic E-state index is -0.429. The third-order valence-corrected chi connectivity index (χ3v) is 2.74. The Morgan fingerprint density at radius 2 is 2.06 bits per heavy atom. The van der Waals surface area contributed by atoms with Crippen LogP contribution in [0.5, 0.6) is 0 Å². The average Bonchev–Trinajstić information content (AvgIpc) is 2.37. The number of ether oxygens (including phenoxy) is 1. The molecule has 0 saturated carbocycles. The fourth-order valence-electron chi connectivity index (χ4n) is 1.89. The third kappa shape index (κ3) is 2.01. The third-order valence-electron chi connectivity index (χ3n) is 2.74. The summed E-state index contributed by atoms with van der Waals surface area (Å²) in [5.41, 5.74) is 2.01. The summed E-state index contributed by atoms with van der Waals surface area (Å²) >= 11 is 0. The number of rotatable bonds is 2. The Labute approximate surface area is 98.9 Å². The van der Waals surface area contributed by atoms with Gasteiger partial charge < -0.3 is 4.74 Å². The van der Waals surface area contributed by atoms with E-state index in [-0.39, 0.29) is 5.91 Å². The SMILES string of the molecule is COC(=O)c1ccc2c(c1)N(OC)C(=O)CC2. The molecule has 17 heavy (non-hydrogen) atoms. The van der Waals surface area contributed by atoms with Crippen molar-refractivity contribution in [1.29, 1.82) is 0 Å². The summed E-state index contributed by atoms with van der Waals surface area (Å²) < 4.78 is 4.64. The summed E-state index contributed by atoms with van der Waals surface area (Å²) in [6.07, 6.45) is 1.08. The van der Waals surface area contributed by atoms with Crippen molar-refractivity contribution in [3.8, 4) is 0 Å². The number of methoxy groups -OCH3 is 1. The second-order valence-corrected chi connectivity index (χ2v) is 3.71. The molecule has 0 bridgehead atoms. The number of esters is 1. The van der Waals surface area contributed by atoms with Gasteiger partial charge >= 0.3 is 5.97 Å². The standard InChI is InChI=1S/C12H13NO4/c1-16-12(15)9-4-3-8-5-6-11(14)13(17-2)10(8)7-9/h3-4,7H,5-6H2,1-2H3. The zero-order valence-corrected chi connectivity index (χ0v) is 9.73. The maximum atomic E-state index is 11.6. The smallest absolute Gasteiger partial charge is 0.337 e. The molecule has 0 fully saturated rings. The van der Waals surface area contributed by atoms with E-state index in [0.717, 1.165) is 5.56 Å². The molecule has 1 aliphatic rings. The Kier molecular flexibility index (Phi) is 3.10. The van der Waals surface area contributed by atoms with Crippen molar-refractivity contribution in [3.63, 3.8) is 0 Å². The molecule has 0 atom stereocenters. The predicted octanol–water partition coefficient (Wildman–Crippen LogP) is 1.31. The van der Waals surface area contributed by atoms with Gasteiger partial charge in [0, 0.05) is 6.42 Å². The van der Waals surface area contributed by atoms with Gasteiger partial charge in [-0.25, -0.2) is 4.79 Å². The molecule has 1 aromatic carbocycles. The Morgan fingerprint density at radius 3 is 2.71 bits per heavy atom. The zero-order chi connectivity index (χ0) is 12.4. The lowest BCUT2D eigenvalue weighted by Crippen LogP contribution is -2.34. The van der Waals surface area contributed by atoms with Gasteiger partial charge in [-0.3, -0.25) is 9.63 Å². The normalized spacial score (nSPS) is 14.5. The Bertz CT molecular complexity index is 470. The number of hydrogen-bond donors (Lipinski definition) is 0. The highest BCUT2D eigenvalue weighted by molar-refractivity contribution is 5.97. The van der Waals surface area contributed by atoms with Crippen molar-refractivity contribution in [2.75, 3.05) is 19.3 Å². The van der Waals surface area contributed by atoms with E-state index >= 15 is 0 Å². The first-order valence-electron chi connectivity index (χ1n) is 5.25. The second kappa shape index (κ2) is 4.55. The molecule has 1 heterocycles. The molecule has 0 unspecified atom stereocenters. The summed E-state index contributed by atoms with van der Waals surface area (Å²) in [5, 5.41) is 1.21. The number of hydrogen-bond acceptors (Lipinski definition) is 4. The maximum Gasteiger partial charge on any atom is 0.337 e. The van der Waals surface area contributed by atoms with E-state index in [1.54, 1.807) is 12.1 Å². The molecule has 2 rings (SSSR count). The van der Waals surface area contributed by atoms with Gasteiger partial charge in [0.2, 0.25) is 0 Å². The van der Waals surface area contributed by atoms with Crippen LogP contribution in [0.3, 0.4) is 0 Å². The molecule has 0 spiro atoms. The maximum absolute atomic E-state index is 11.6. The molecule has 1 amide bonds. The van der Waals surface area contributed by atoms with Crippen LogP contribution in [0.25, 0.3) is 0 Å². The lowest BCUT2D eigenvalue weighted by Gasteiger charge is -2.27. The van der Waals surface area contributed by atoms with Crippen LogP contribution in [-0.2, 0) is 20.8 Å². The summed E-state index contributed by atoms with van der Waals surface area (Å²) in [6.45, 7) is 0. The van der Waals surface area contributed by atoms with Gasteiger partial charge in [0.05, 0.1) is 25.5 Å². The monoisotopic (exact) mass is 235 g/mol. The first-order chi connectivity index (χ1) is 8.17. The highest BCUT2D eigenvalue weighted by Crippen LogP contribution is 2.29. The van der Waals surface area contributed by atoms with Gasteiger partial charge in [-0.2, -0.15) is 5.06 Å². The van der Waals surface area contributed by atoms with Crippen LogP contribution < -0.4 is 5.06 Å². The summed E-state index contributed by atoms with van der Waals surface area (Å²) in [6, 6.07) is 5.12. The number of anilines is 1. The fourth-order valence-corrected chi connectivity index (χ4v) is 1.89. The van der Waals surface area contributed by atoms with Crippen molar-refractivity contribution < 1.29 is 19.2 Å². The first-order valence-corrected chi connectivity index (χ1v) is 5.25. The lowest BCUT2D eigenvalue weighted by molar-refractivity contribution is -0.125. The topological polar surface area (TPSA) is 55.8 Å². The van der Waals surface area contributed by atoms with Crippen LogP contribution in [-0.4, -0.2) is 26.1 Å². The Hall–Kier alpha value is -1.88. The van der Waals surface area contributed by atoms with Crippen LogP contribution in [0.1, 0.15) is 22.3 Å². The van der Waals surface area contributed by atoms with Crippen LogP contribution in [0.4, 0.5) is 5.69 Å². The number of fused-ring (bicyclic) bond motifs is 1. The van der Waals surface area contributed by atoms with Crippen LogP contribution in [0.2, 0.25) is 0 Å². The van der Waals surface area contributed by atoms with Crippen LogP contribution in [0.15, 0.2) is 18.2 Å². The van der Waals surface area contributed by atoms with E-state index < -0.39 is 5.97 Å². The van der Waals surface area contributed by atoms with E-state index in [2.05, 4.69) is 4.74 Å². The minimum Gasteiger partial charge on any atom is -0.465 e. The average molecular weight is 235 g/mol. The largest absolute Gasteiger partial charge is 0.465 e. The Balaban J connectivity index is 2.45. The van der Waals surface area contributed by atoms with E-state index in [1.165, 1.54) is 19.3 Å². The molecule has 0 N–H and O–H groups in total. The molecule has 0 radical (unpaired) electrons. The van der Waals surface area contributed by atoms with E-state index in [1.807, 2.05) is 6.07 Å². The molecule has 0 saturated heterocycles. The summed E-state index contributed by atoms with van der Waals surface area (Å²) in [5.74, 6) is -0.538. The molecular weight excluding hydrogens is 222 g/mol. The second-order valence-electron chi connectivity index (χ2n) is 3.71. The van der Waals surface area contributed by atoms with Crippen molar-refractivity contribution in [2.24, 2.45) is 0 Å². The summed E-state index contributed by atoms with van der Waals surface area (Å²) in [7, 11) is 2.75. The number of nitrogens with zero attached hydrogens (tertiary/aromatic N) is 1. The number of hydroxylamine groups is 1. The zero-order valence-electron chi connectivity index (χ0n) is 9.73. The molecule has 0 aliphatic carbocycles.